The molecule has 0 aliphatic heterocycles. The molecule has 0 bridgehead atoms. The van der Waals surface area contributed by atoms with Gasteiger partial charge in [0, 0.05) is 12.1 Å². The molecule has 0 amide bonds. The topological polar surface area (TPSA) is 66.5 Å². The van der Waals surface area contributed by atoms with Gasteiger partial charge in [-0.25, -0.2) is 0 Å². The number of benzene rings is 2. The Hall–Kier alpha value is -2.00. The number of phenols is 2. The van der Waals surface area contributed by atoms with Crippen LogP contribution in [0.2, 0.25) is 0 Å². The molecule has 1 saturated carbocycles. The van der Waals surface area contributed by atoms with Crippen molar-refractivity contribution in [3.8, 4) is 22.6 Å². The van der Waals surface area contributed by atoms with Crippen molar-refractivity contribution < 1.29 is 10.2 Å². The second kappa shape index (κ2) is 6.41. The Labute approximate surface area is 131 Å². The number of rotatable bonds is 3. The van der Waals surface area contributed by atoms with E-state index in [0.29, 0.717) is 18.2 Å². The molecule has 2 aromatic carbocycles. The van der Waals surface area contributed by atoms with Gasteiger partial charge < -0.3 is 15.9 Å². The van der Waals surface area contributed by atoms with Crippen molar-refractivity contribution in [1.29, 1.82) is 0 Å². The number of hydrogen-bond acceptors (Lipinski definition) is 3. The summed E-state index contributed by atoms with van der Waals surface area (Å²) in [6, 6.07) is 11.1. The van der Waals surface area contributed by atoms with Gasteiger partial charge in [-0.3, -0.25) is 0 Å². The average molecular weight is 297 g/mol. The molecule has 3 heteroatoms. The van der Waals surface area contributed by atoms with Gasteiger partial charge in [0.1, 0.15) is 11.5 Å². The fraction of sp³-hybridized carbons (Fsp3) is 0.368. The summed E-state index contributed by atoms with van der Waals surface area (Å²) in [5.41, 5.74) is 9.41. The van der Waals surface area contributed by atoms with Gasteiger partial charge in [0.05, 0.1) is 0 Å². The molecule has 3 rings (SSSR count). The lowest BCUT2D eigenvalue weighted by molar-refractivity contribution is 0.414. The van der Waals surface area contributed by atoms with Crippen molar-refractivity contribution in [3.63, 3.8) is 0 Å². The maximum atomic E-state index is 10.4. The van der Waals surface area contributed by atoms with Crippen LogP contribution in [0.1, 0.15) is 49.1 Å². The molecule has 0 aromatic heterocycles. The van der Waals surface area contributed by atoms with Gasteiger partial charge in [-0.15, -0.1) is 0 Å². The third kappa shape index (κ3) is 2.81. The van der Waals surface area contributed by atoms with Crippen LogP contribution in [0, 0.1) is 0 Å². The van der Waals surface area contributed by atoms with E-state index in [1.165, 1.54) is 19.3 Å². The lowest BCUT2D eigenvalue weighted by Crippen LogP contribution is -2.07. The third-order valence-electron chi connectivity index (χ3n) is 4.71. The summed E-state index contributed by atoms with van der Waals surface area (Å²) >= 11 is 0. The Balaban J connectivity index is 2.10. The molecule has 0 radical (unpaired) electrons. The zero-order valence-corrected chi connectivity index (χ0v) is 12.8. The van der Waals surface area contributed by atoms with Crippen molar-refractivity contribution in [3.05, 3.63) is 47.5 Å². The average Bonchev–Trinajstić information content (AvgIpc) is 2.56. The molecule has 0 unspecified atom stereocenters. The molecule has 1 aliphatic rings. The molecular formula is C19H23NO2. The highest BCUT2D eigenvalue weighted by Crippen LogP contribution is 2.41. The Bertz CT molecular complexity index is 660. The van der Waals surface area contributed by atoms with E-state index in [1.807, 2.05) is 24.3 Å². The quantitative estimate of drug-likeness (QED) is 0.792. The molecule has 2 aromatic rings. The summed E-state index contributed by atoms with van der Waals surface area (Å²) in [5, 5.41) is 20.5. The standard InChI is InChI=1S/C19H23NO2/c20-12-14-10-19(22)17(13-6-2-1-3-7-13)11-16(14)15-8-4-5-9-18(15)21/h4-5,8-11,13,21-22H,1-3,6-7,12,20H2. The normalized spacial score (nSPS) is 15.9. The van der Waals surface area contributed by atoms with Gasteiger partial charge in [0.15, 0.2) is 0 Å². The molecule has 0 spiro atoms. The smallest absolute Gasteiger partial charge is 0.123 e. The van der Waals surface area contributed by atoms with Gasteiger partial charge in [0.25, 0.3) is 0 Å². The number of phenolic OH excluding ortho intramolecular Hbond substituents is 2. The minimum absolute atomic E-state index is 0.248. The van der Waals surface area contributed by atoms with Crippen molar-refractivity contribution >= 4 is 0 Å². The van der Waals surface area contributed by atoms with E-state index < -0.39 is 0 Å². The molecule has 1 aliphatic carbocycles. The molecule has 116 valence electrons. The maximum absolute atomic E-state index is 10.4. The summed E-state index contributed by atoms with van der Waals surface area (Å²) in [4.78, 5) is 0. The number of hydrogen-bond donors (Lipinski definition) is 3. The van der Waals surface area contributed by atoms with Crippen molar-refractivity contribution in [2.45, 2.75) is 44.6 Å². The fourth-order valence-corrected chi connectivity index (χ4v) is 3.51. The monoisotopic (exact) mass is 297 g/mol. The Morgan fingerprint density at radius 2 is 1.64 bits per heavy atom. The SMILES string of the molecule is NCc1cc(O)c(C2CCCCC2)cc1-c1ccccc1O. The van der Waals surface area contributed by atoms with E-state index in [9.17, 15) is 10.2 Å². The molecule has 0 heterocycles. The first-order valence-corrected chi connectivity index (χ1v) is 8.05. The fourth-order valence-electron chi connectivity index (χ4n) is 3.51. The minimum atomic E-state index is 0.248. The van der Waals surface area contributed by atoms with Gasteiger partial charge in [-0.05, 0) is 53.6 Å². The van der Waals surface area contributed by atoms with Crippen LogP contribution in [-0.2, 0) is 6.54 Å². The maximum Gasteiger partial charge on any atom is 0.123 e. The number of para-hydroxylation sites is 1. The molecule has 3 nitrogen and oxygen atoms in total. The summed E-state index contributed by atoms with van der Waals surface area (Å²) in [7, 11) is 0. The summed E-state index contributed by atoms with van der Waals surface area (Å²) < 4.78 is 0. The van der Waals surface area contributed by atoms with Gasteiger partial charge >= 0.3 is 0 Å². The second-order valence-corrected chi connectivity index (χ2v) is 6.12. The third-order valence-corrected chi connectivity index (χ3v) is 4.71. The second-order valence-electron chi connectivity index (χ2n) is 6.12. The molecule has 0 saturated heterocycles. The van der Waals surface area contributed by atoms with Gasteiger partial charge in [0.2, 0.25) is 0 Å². The van der Waals surface area contributed by atoms with Crippen LogP contribution in [0.25, 0.3) is 11.1 Å². The van der Waals surface area contributed by atoms with E-state index in [-0.39, 0.29) is 5.75 Å². The highest BCUT2D eigenvalue weighted by atomic mass is 16.3. The zero-order chi connectivity index (χ0) is 15.5. The van der Waals surface area contributed by atoms with E-state index in [4.69, 9.17) is 5.73 Å². The molecule has 0 atom stereocenters. The lowest BCUT2D eigenvalue weighted by Gasteiger charge is -2.24. The zero-order valence-electron chi connectivity index (χ0n) is 12.8. The van der Waals surface area contributed by atoms with Crippen LogP contribution in [0.4, 0.5) is 0 Å². The van der Waals surface area contributed by atoms with E-state index in [1.54, 1.807) is 12.1 Å². The van der Waals surface area contributed by atoms with Crippen molar-refractivity contribution in [2.75, 3.05) is 0 Å². The lowest BCUT2D eigenvalue weighted by atomic mass is 9.82. The van der Waals surface area contributed by atoms with E-state index in [0.717, 1.165) is 35.1 Å². The summed E-state index contributed by atoms with van der Waals surface area (Å²) in [6.07, 6.45) is 5.96. The van der Waals surface area contributed by atoms with Crippen LogP contribution in [0.5, 0.6) is 11.5 Å². The van der Waals surface area contributed by atoms with Gasteiger partial charge in [-0.1, -0.05) is 37.5 Å². The van der Waals surface area contributed by atoms with Crippen LogP contribution < -0.4 is 5.73 Å². The predicted molar refractivity (Wildman–Crippen MR) is 88.9 cm³/mol. The van der Waals surface area contributed by atoms with E-state index in [2.05, 4.69) is 0 Å². The highest BCUT2D eigenvalue weighted by Gasteiger charge is 2.21. The molecule has 4 N–H and O–H groups in total. The van der Waals surface area contributed by atoms with Gasteiger partial charge in [-0.2, -0.15) is 0 Å². The largest absolute Gasteiger partial charge is 0.508 e. The summed E-state index contributed by atoms with van der Waals surface area (Å²) in [5.74, 6) is 0.995. The Morgan fingerprint density at radius 1 is 0.909 bits per heavy atom. The molecule has 1 fully saturated rings. The van der Waals surface area contributed by atoms with Crippen LogP contribution >= 0.6 is 0 Å². The minimum Gasteiger partial charge on any atom is -0.508 e. The van der Waals surface area contributed by atoms with Crippen molar-refractivity contribution in [1.82, 2.24) is 0 Å². The Morgan fingerprint density at radius 3 is 2.32 bits per heavy atom. The first kappa shape index (κ1) is 14.9. The van der Waals surface area contributed by atoms with Crippen LogP contribution in [0.15, 0.2) is 36.4 Å². The van der Waals surface area contributed by atoms with Crippen molar-refractivity contribution in [2.24, 2.45) is 5.73 Å². The predicted octanol–water partition coefficient (Wildman–Crippen LogP) is 4.27. The van der Waals surface area contributed by atoms with Crippen LogP contribution in [-0.4, -0.2) is 10.2 Å². The first-order valence-electron chi connectivity index (χ1n) is 8.05. The molecule has 22 heavy (non-hydrogen) atoms. The summed E-state index contributed by atoms with van der Waals surface area (Å²) in [6.45, 7) is 0.335. The Kier molecular flexibility index (Phi) is 4.34. The highest BCUT2D eigenvalue weighted by molar-refractivity contribution is 5.75. The number of nitrogens with two attached hydrogens (primary N) is 1. The number of aromatic hydroxyl groups is 2. The first-order chi connectivity index (χ1) is 10.7. The van der Waals surface area contributed by atoms with E-state index >= 15 is 0 Å². The van der Waals surface area contributed by atoms with Crippen LogP contribution in [0.3, 0.4) is 0 Å². The molecular weight excluding hydrogens is 274 g/mol.